The highest BCUT2D eigenvalue weighted by atomic mass is 16.8. The highest BCUT2D eigenvalue weighted by Crippen LogP contribution is 2.39. The molecular weight excluding hydrogens is 740 g/mol. The molecule has 0 aromatic carbocycles. The van der Waals surface area contributed by atoms with Gasteiger partial charge in [-0.2, -0.15) is 0 Å². The van der Waals surface area contributed by atoms with E-state index in [-0.39, 0.29) is 68.2 Å². The number of rotatable bonds is 18. The Bertz CT molecular complexity index is 1530. The molecule has 56 heavy (non-hydrogen) atoms. The first-order valence-electron chi connectivity index (χ1n) is 18.6. The number of carboxylic acids is 1. The number of guanidine groups is 1. The van der Waals surface area contributed by atoms with E-state index in [4.69, 9.17) is 34.5 Å². The molecule has 9 atom stereocenters. The lowest BCUT2D eigenvalue weighted by atomic mass is 9.83. The number of nitrogens with two attached hydrogens (primary N) is 1. The first kappa shape index (κ1) is 44.8. The molecule has 1 saturated heterocycles. The molecule has 1 saturated carbocycles. The van der Waals surface area contributed by atoms with E-state index in [0.717, 1.165) is 6.26 Å². The van der Waals surface area contributed by atoms with Crippen molar-refractivity contribution < 1.29 is 74.1 Å². The molecule has 314 valence electrons. The number of aliphatic hydroxyl groups is 7. The number of esters is 1. The number of aliphatic imine (C=N–C) groups is 1. The van der Waals surface area contributed by atoms with Crippen LogP contribution in [0, 0.1) is 17.8 Å². The van der Waals surface area contributed by atoms with E-state index < -0.39 is 79.3 Å². The van der Waals surface area contributed by atoms with Gasteiger partial charge in [-0.3, -0.25) is 4.99 Å². The second-order valence-electron chi connectivity index (χ2n) is 14.3. The quantitative estimate of drug-likeness (QED) is 0.0185. The minimum Gasteiger partial charge on any atom is -0.478 e. The third-order valence-corrected chi connectivity index (χ3v) is 9.83. The third kappa shape index (κ3) is 10.9. The van der Waals surface area contributed by atoms with Gasteiger partial charge < -0.3 is 80.5 Å². The van der Waals surface area contributed by atoms with Crippen molar-refractivity contribution in [3.05, 3.63) is 59.7 Å². The zero-order valence-electron chi connectivity index (χ0n) is 31.6. The Morgan fingerprint density at radius 3 is 2.52 bits per heavy atom. The molecule has 3 heterocycles. The van der Waals surface area contributed by atoms with Crippen molar-refractivity contribution in [3.8, 4) is 0 Å². The number of ether oxygens (including phenoxy) is 5. The van der Waals surface area contributed by atoms with Crippen LogP contribution in [-0.4, -0.2) is 159 Å². The lowest BCUT2D eigenvalue weighted by Crippen LogP contribution is -2.69. The summed E-state index contributed by atoms with van der Waals surface area (Å²) < 4.78 is 29.4. The molecule has 0 radical (unpaired) electrons. The molecule has 11 N–H and O–H groups in total. The number of nitrogens with one attached hydrogen (secondary N) is 1. The van der Waals surface area contributed by atoms with Crippen molar-refractivity contribution in [1.82, 2.24) is 10.2 Å². The summed E-state index contributed by atoms with van der Waals surface area (Å²) in [4.78, 5) is 32.1. The number of allylic oxidation sites excluding steroid dienone is 1. The SMILES string of the molecule is C=C[C@H]1[C@H](O[C@@H]2O[C@H](CO)[C@@H](O)C(O)(O)[C@H]2OC(C)C)OC=C(C(=O)O[C@H]2CC[C@@H](CO)C2)[C@H]1/C=C/C1=C(NC(N)=NCCCO)C(C(=O)O)=CN(CCO)C1. The molecule has 19 heteroatoms. The fourth-order valence-electron chi connectivity index (χ4n) is 6.94. The molecule has 0 spiro atoms. The van der Waals surface area contributed by atoms with Crippen LogP contribution in [-0.2, 0) is 33.3 Å². The Labute approximate surface area is 324 Å². The number of hydrogen-bond donors (Lipinski definition) is 10. The topological polar surface area (TPSA) is 296 Å². The summed E-state index contributed by atoms with van der Waals surface area (Å²) in [6.45, 7) is 6.22. The molecule has 0 unspecified atom stereocenters. The number of aliphatic carboxylic acids is 1. The van der Waals surface area contributed by atoms with E-state index >= 15 is 0 Å². The van der Waals surface area contributed by atoms with Gasteiger partial charge in [-0.15, -0.1) is 6.58 Å². The summed E-state index contributed by atoms with van der Waals surface area (Å²) in [6.07, 6.45) is -0.207. The maximum Gasteiger partial charge on any atom is 0.339 e. The number of carboxylic acid groups (broad SMARTS) is 1. The van der Waals surface area contributed by atoms with Gasteiger partial charge in [0, 0.05) is 45.0 Å². The Hall–Kier alpha value is -3.89. The van der Waals surface area contributed by atoms with Crippen LogP contribution in [0.4, 0.5) is 0 Å². The van der Waals surface area contributed by atoms with Crippen LogP contribution in [0.3, 0.4) is 0 Å². The molecular formula is C37H56N4O15. The Morgan fingerprint density at radius 1 is 1.16 bits per heavy atom. The van der Waals surface area contributed by atoms with Crippen molar-refractivity contribution in [1.29, 1.82) is 0 Å². The van der Waals surface area contributed by atoms with Crippen molar-refractivity contribution in [3.63, 3.8) is 0 Å². The molecule has 0 amide bonds. The van der Waals surface area contributed by atoms with Crippen LogP contribution < -0.4 is 11.1 Å². The van der Waals surface area contributed by atoms with Gasteiger partial charge in [0.15, 0.2) is 18.4 Å². The van der Waals surface area contributed by atoms with Crippen LogP contribution in [0.15, 0.2) is 64.7 Å². The van der Waals surface area contributed by atoms with E-state index in [0.29, 0.717) is 31.3 Å². The van der Waals surface area contributed by atoms with Crippen LogP contribution in [0.2, 0.25) is 0 Å². The number of carbonyl (C=O) groups is 2. The van der Waals surface area contributed by atoms with Crippen molar-refractivity contribution in [2.45, 2.75) is 88.4 Å². The number of aliphatic hydroxyl groups excluding tert-OH is 5. The number of hydrogen-bond acceptors (Lipinski definition) is 16. The zero-order chi connectivity index (χ0) is 41.2. The highest BCUT2D eigenvalue weighted by molar-refractivity contribution is 5.95. The minimum atomic E-state index is -2.94. The summed E-state index contributed by atoms with van der Waals surface area (Å²) in [5.41, 5.74) is 6.38. The number of carbonyl (C=O) groups excluding carboxylic acids is 1. The molecule has 3 aliphatic heterocycles. The third-order valence-electron chi connectivity index (χ3n) is 9.83. The van der Waals surface area contributed by atoms with Crippen molar-refractivity contribution in [2.75, 3.05) is 46.1 Å². The van der Waals surface area contributed by atoms with Gasteiger partial charge in [0.1, 0.15) is 18.3 Å². The fraction of sp³-hybridized carbons (Fsp3) is 0.649. The van der Waals surface area contributed by atoms with Gasteiger partial charge in [-0.05, 0) is 51.0 Å². The molecule has 4 rings (SSSR count). The second-order valence-corrected chi connectivity index (χ2v) is 14.3. The molecule has 1 aliphatic carbocycles. The minimum absolute atomic E-state index is 0.0242. The summed E-state index contributed by atoms with van der Waals surface area (Å²) >= 11 is 0. The van der Waals surface area contributed by atoms with E-state index in [1.54, 1.807) is 30.9 Å². The van der Waals surface area contributed by atoms with Crippen LogP contribution >= 0.6 is 0 Å². The second kappa shape index (κ2) is 20.5. The highest BCUT2D eigenvalue weighted by Gasteiger charge is 2.57. The Morgan fingerprint density at radius 2 is 1.91 bits per heavy atom. The molecule has 0 aromatic rings. The smallest absolute Gasteiger partial charge is 0.339 e. The molecule has 4 aliphatic rings. The van der Waals surface area contributed by atoms with Gasteiger partial charge in [0.05, 0.1) is 48.3 Å². The lowest BCUT2D eigenvalue weighted by molar-refractivity contribution is -0.413. The average Bonchev–Trinajstić information content (AvgIpc) is 3.61. The van der Waals surface area contributed by atoms with Gasteiger partial charge in [-0.25, -0.2) is 9.59 Å². The lowest BCUT2D eigenvalue weighted by Gasteiger charge is -2.48. The number of β-amino-alcohol motifs (C(OH)–C–C–N with tert-alkyl or cyclic N) is 1. The number of nitrogens with zero attached hydrogens (tertiary/aromatic N) is 2. The van der Waals surface area contributed by atoms with Crippen LogP contribution in [0.25, 0.3) is 0 Å². The van der Waals surface area contributed by atoms with E-state index in [9.17, 15) is 45.3 Å². The maximum atomic E-state index is 13.9. The Kier molecular flexibility index (Phi) is 16.4. The van der Waals surface area contributed by atoms with E-state index in [2.05, 4.69) is 16.9 Å². The van der Waals surface area contributed by atoms with Crippen molar-refractivity contribution in [2.24, 2.45) is 28.5 Å². The summed E-state index contributed by atoms with van der Waals surface area (Å²) in [5, 5.41) is 83.9. The van der Waals surface area contributed by atoms with Gasteiger partial charge >= 0.3 is 11.9 Å². The molecule has 0 aromatic heterocycles. The maximum absolute atomic E-state index is 13.9. The first-order valence-corrected chi connectivity index (χ1v) is 18.6. The average molecular weight is 797 g/mol. The largest absolute Gasteiger partial charge is 0.478 e. The van der Waals surface area contributed by atoms with E-state index in [1.165, 1.54) is 12.3 Å². The predicted octanol–water partition coefficient (Wildman–Crippen LogP) is -1.71. The predicted molar refractivity (Wildman–Crippen MR) is 196 cm³/mol. The van der Waals surface area contributed by atoms with Crippen LogP contribution in [0.5, 0.6) is 0 Å². The van der Waals surface area contributed by atoms with Gasteiger partial charge in [-0.1, -0.05) is 18.2 Å². The monoisotopic (exact) mass is 796 g/mol. The zero-order valence-corrected chi connectivity index (χ0v) is 31.6. The summed E-state index contributed by atoms with van der Waals surface area (Å²) in [7, 11) is 0. The summed E-state index contributed by atoms with van der Waals surface area (Å²) in [6, 6.07) is 0. The standard InChI is InChI=1S/C37H56N4O15/c1-4-24-25(9-7-22-15-41(11-13-43)16-26(32(47)48)29(22)40-36(38)39-10-5-12-42)27(33(49)54-23-8-6-21(14-23)17-44)19-52-34(24)56-35-31(53-20(2)3)37(50,51)30(46)28(18-45)55-35/h4,7,9,16,19-21,23-25,28,30-31,34-35,42-46,50-51H,1,5-6,8,10-15,17-18H2,2-3H3,(H,47,48)(H3,38,39,40)/b9-7+/t21-,23+,24-,25+,28-,30-,31+,34+,35+/m1/s1. The van der Waals surface area contributed by atoms with Crippen LogP contribution in [0.1, 0.15) is 39.5 Å². The molecule has 0 bridgehead atoms. The fourth-order valence-corrected chi connectivity index (χ4v) is 6.94. The Balaban J connectivity index is 1.77. The first-order chi connectivity index (χ1) is 26.7. The molecule has 19 nitrogen and oxygen atoms in total. The molecule has 2 fully saturated rings. The van der Waals surface area contributed by atoms with Gasteiger partial charge in [0.2, 0.25) is 12.1 Å². The normalized spacial score (nSPS) is 30.9. The van der Waals surface area contributed by atoms with Gasteiger partial charge in [0.25, 0.3) is 0 Å². The van der Waals surface area contributed by atoms with Crippen molar-refractivity contribution >= 4 is 17.9 Å². The van der Waals surface area contributed by atoms with E-state index in [1.807, 2.05) is 0 Å². The summed E-state index contributed by atoms with van der Waals surface area (Å²) in [5.74, 6) is -7.03.